The van der Waals surface area contributed by atoms with Crippen LogP contribution in [0, 0.1) is 11.7 Å². The molecule has 20 heavy (non-hydrogen) atoms. The molecule has 1 aromatic heterocycles. The molecule has 0 bridgehead atoms. The molecular weight excluding hydrogens is 253 g/mol. The zero-order valence-corrected chi connectivity index (χ0v) is 12.4. The van der Waals surface area contributed by atoms with Crippen LogP contribution >= 0.6 is 0 Å². The number of nitrogens with zero attached hydrogens (tertiary/aromatic N) is 2. The minimum atomic E-state index is -0.228. The van der Waals surface area contributed by atoms with Crippen LogP contribution in [0.25, 0.3) is 11.0 Å². The zero-order chi connectivity index (χ0) is 14.5. The Balaban J connectivity index is 2.27. The van der Waals surface area contributed by atoms with E-state index in [4.69, 9.17) is 5.73 Å². The van der Waals surface area contributed by atoms with Gasteiger partial charge in [-0.3, -0.25) is 0 Å². The number of imidazole rings is 1. The Morgan fingerprint density at radius 1 is 1.35 bits per heavy atom. The van der Waals surface area contributed by atoms with Crippen molar-refractivity contribution in [2.24, 2.45) is 11.7 Å². The quantitative estimate of drug-likeness (QED) is 0.841. The SMILES string of the molecule is CCCn1c(CCC(C)CCN)nc2c(F)cccc21. The van der Waals surface area contributed by atoms with Gasteiger partial charge in [-0.25, -0.2) is 9.37 Å². The third-order valence-electron chi connectivity index (χ3n) is 3.78. The van der Waals surface area contributed by atoms with Crippen molar-refractivity contribution in [3.05, 3.63) is 29.8 Å². The Morgan fingerprint density at radius 2 is 2.15 bits per heavy atom. The van der Waals surface area contributed by atoms with Crippen molar-refractivity contribution in [3.8, 4) is 0 Å². The van der Waals surface area contributed by atoms with Gasteiger partial charge in [-0.1, -0.05) is 19.9 Å². The van der Waals surface area contributed by atoms with Crippen molar-refractivity contribution in [1.82, 2.24) is 9.55 Å². The van der Waals surface area contributed by atoms with Gasteiger partial charge in [-0.2, -0.15) is 0 Å². The standard InChI is InChI=1S/C16H24FN3/c1-3-11-20-14-6-4-5-13(17)16(14)19-15(20)8-7-12(2)9-10-18/h4-6,12H,3,7-11,18H2,1-2H3. The highest BCUT2D eigenvalue weighted by Gasteiger charge is 2.13. The molecule has 0 aliphatic rings. The average Bonchev–Trinajstić information content (AvgIpc) is 2.77. The van der Waals surface area contributed by atoms with E-state index in [2.05, 4.69) is 23.4 Å². The van der Waals surface area contributed by atoms with E-state index >= 15 is 0 Å². The fourth-order valence-corrected chi connectivity index (χ4v) is 2.63. The molecule has 0 saturated heterocycles. The molecule has 0 aliphatic carbocycles. The van der Waals surface area contributed by atoms with Gasteiger partial charge in [-0.05, 0) is 43.9 Å². The number of halogens is 1. The highest BCUT2D eigenvalue weighted by Crippen LogP contribution is 2.21. The van der Waals surface area contributed by atoms with Crippen LogP contribution in [0.1, 0.15) is 38.9 Å². The molecule has 0 spiro atoms. The predicted octanol–water partition coefficient (Wildman–Crippen LogP) is 3.50. The van der Waals surface area contributed by atoms with Gasteiger partial charge in [0.1, 0.15) is 11.3 Å². The third kappa shape index (κ3) is 3.18. The number of fused-ring (bicyclic) bond motifs is 1. The Hall–Kier alpha value is -1.42. The number of nitrogens with two attached hydrogens (primary N) is 1. The van der Waals surface area contributed by atoms with E-state index in [1.165, 1.54) is 6.07 Å². The maximum Gasteiger partial charge on any atom is 0.151 e. The summed E-state index contributed by atoms with van der Waals surface area (Å²) in [7, 11) is 0. The lowest BCUT2D eigenvalue weighted by Crippen LogP contribution is -2.09. The zero-order valence-electron chi connectivity index (χ0n) is 12.4. The van der Waals surface area contributed by atoms with Crippen molar-refractivity contribution >= 4 is 11.0 Å². The molecule has 0 amide bonds. The first-order chi connectivity index (χ1) is 9.67. The first kappa shape index (κ1) is 15.0. The first-order valence-electron chi connectivity index (χ1n) is 7.51. The summed E-state index contributed by atoms with van der Waals surface area (Å²) in [6, 6.07) is 5.19. The second kappa shape index (κ2) is 6.84. The summed E-state index contributed by atoms with van der Waals surface area (Å²) in [5.41, 5.74) is 7.00. The fourth-order valence-electron chi connectivity index (χ4n) is 2.63. The second-order valence-electron chi connectivity index (χ2n) is 5.51. The summed E-state index contributed by atoms with van der Waals surface area (Å²) in [5, 5.41) is 0. The molecule has 2 rings (SSSR count). The summed E-state index contributed by atoms with van der Waals surface area (Å²) in [6.45, 7) is 5.95. The van der Waals surface area contributed by atoms with Crippen LogP contribution in [0.5, 0.6) is 0 Å². The Bertz CT molecular complexity index is 562. The van der Waals surface area contributed by atoms with E-state index in [0.717, 1.165) is 50.1 Å². The van der Waals surface area contributed by atoms with Gasteiger partial charge in [0, 0.05) is 13.0 Å². The molecule has 0 saturated carbocycles. The number of aryl methyl sites for hydroxylation is 2. The van der Waals surface area contributed by atoms with Crippen molar-refractivity contribution in [3.63, 3.8) is 0 Å². The molecular formula is C16H24FN3. The lowest BCUT2D eigenvalue weighted by atomic mass is 10.0. The summed E-state index contributed by atoms with van der Waals surface area (Å²) in [6.07, 6.45) is 3.98. The number of hydrogen-bond acceptors (Lipinski definition) is 2. The average molecular weight is 277 g/mol. The van der Waals surface area contributed by atoms with E-state index in [0.29, 0.717) is 11.4 Å². The summed E-state index contributed by atoms with van der Waals surface area (Å²) >= 11 is 0. The van der Waals surface area contributed by atoms with Crippen molar-refractivity contribution in [1.29, 1.82) is 0 Å². The van der Waals surface area contributed by atoms with Crippen LogP contribution in [0.4, 0.5) is 4.39 Å². The van der Waals surface area contributed by atoms with Crippen molar-refractivity contribution in [2.45, 2.75) is 46.1 Å². The minimum Gasteiger partial charge on any atom is -0.330 e. The highest BCUT2D eigenvalue weighted by molar-refractivity contribution is 5.76. The monoisotopic (exact) mass is 277 g/mol. The van der Waals surface area contributed by atoms with E-state index in [1.807, 2.05) is 6.07 Å². The number of hydrogen-bond donors (Lipinski definition) is 1. The highest BCUT2D eigenvalue weighted by atomic mass is 19.1. The molecule has 0 radical (unpaired) electrons. The molecule has 2 aromatic rings. The van der Waals surface area contributed by atoms with Crippen LogP contribution < -0.4 is 5.73 Å². The molecule has 4 heteroatoms. The van der Waals surface area contributed by atoms with E-state index in [1.54, 1.807) is 6.07 Å². The molecule has 2 N–H and O–H groups in total. The summed E-state index contributed by atoms with van der Waals surface area (Å²) in [5.74, 6) is 1.35. The Kier molecular flexibility index (Phi) is 5.12. The smallest absolute Gasteiger partial charge is 0.151 e. The van der Waals surface area contributed by atoms with Crippen LogP contribution in [-0.2, 0) is 13.0 Å². The van der Waals surface area contributed by atoms with Gasteiger partial charge < -0.3 is 10.3 Å². The largest absolute Gasteiger partial charge is 0.330 e. The Labute approximate surface area is 120 Å². The van der Waals surface area contributed by atoms with Gasteiger partial charge in [0.25, 0.3) is 0 Å². The second-order valence-corrected chi connectivity index (χ2v) is 5.51. The molecule has 0 aliphatic heterocycles. The maximum atomic E-state index is 13.8. The van der Waals surface area contributed by atoms with E-state index in [-0.39, 0.29) is 5.82 Å². The van der Waals surface area contributed by atoms with Crippen molar-refractivity contribution in [2.75, 3.05) is 6.54 Å². The maximum absolute atomic E-state index is 13.8. The molecule has 1 atom stereocenters. The van der Waals surface area contributed by atoms with E-state index in [9.17, 15) is 4.39 Å². The molecule has 1 unspecified atom stereocenters. The normalized spacial score (nSPS) is 13.0. The number of aromatic nitrogens is 2. The topological polar surface area (TPSA) is 43.8 Å². The third-order valence-corrected chi connectivity index (χ3v) is 3.78. The Morgan fingerprint density at radius 3 is 2.85 bits per heavy atom. The van der Waals surface area contributed by atoms with Gasteiger partial charge in [0.2, 0.25) is 0 Å². The predicted molar refractivity (Wildman–Crippen MR) is 81.1 cm³/mol. The first-order valence-corrected chi connectivity index (χ1v) is 7.51. The van der Waals surface area contributed by atoms with Crippen LogP contribution in [0.2, 0.25) is 0 Å². The van der Waals surface area contributed by atoms with Gasteiger partial charge in [-0.15, -0.1) is 0 Å². The lowest BCUT2D eigenvalue weighted by molar-refractivity contribution is 0.486. The van der Waals surface area contributed by atoms with Crippen molar-refractivity contribution < 1.29 is 4.39 Å². The van der Waals surface area contributed by atoms with E-state index < -0.39 is 0 Å². The van der Waals surface area contributed by atoms with Crippen LogP contribution in [-0.4, -0.2) is 16.1 Å². The van der Waals surface area contributed by atoms with Crippen LogP contribution in [0.3, 0.4) is 0 Å². The molecule has 110 valence electrons. The number of para-hydroxylation sites is 1. The molecule has 0 fully saturated rings. The minimum absolute atomic E-state index is 0.228. The fraction of sp³-hybridized carbons (Fsp3) is 0.562. The van der Waals surface area contributed by atoms with Crippen LogP contribution in [0.15, 0.2) is 18.2 Å². The lowest BCUT2D eigenvalue weighted by Gasteiger charge is -2.11. The molecule has 1 heterocycles. The molecule has 3 nitrogen and oxygen atoms in total. The van der Waals surface area contributed by atoms with Gasteiger partial charge in [0.05, 0.1) is 5.52 Å². The summed E-state index contributed by atoms with van der Waals surface area (Å²) < 4.78 is 16.0. The number of rotatable bonds is 7. The van der Waals surface area contributed by atoms with Gasteiger partial charge in [0.15, 0.2) is 5.82 Å². The molecule has 1 aromatic carbocycles. The number of benzene rings is 1. The van der Waals surface area contributed by atoms with Gasteiger partial charge >= 0.3 is 0 Å². The summed E-state index contributed by atoms with van der Waals surface area (Å²) in [4.78, 5) is 4.52.